The van der Waals surface area contributed by atoms with Crippen molar-refractivity contribution >= 4 is 28.9 Å². The zero-order valence-electron chi connectivity index (χ0n) is 16.3. The molecule has 2 aromatic carbocycles. The number of rotatable bonds is 8. The minimum Gasteiger partial charge on any atom is -0.497 e. The first kappa shape index (κ1) is 19.9. The van der Waals surface area contributed by atoms with E-state index in [1.807, 2.05) is 31.2 Å². The maximum atomic E-state index is 10.6. The Balaban J connectivity index is 1.76. The first-order chi connectivity index (χ1) is 14.0. The molecule has 0 aliphatic carbocycles. The molecule has 3 rings (SSSR count). The van der Waals surface area contributed by atoms with E-state index in [-0.39, 0.29) is 0 Å². The van der Waals surface area contributed by atoms with Crippen molar-refractivity contribution in [3.8, 4) is 17.2 Å². The molecule has 0 amide bonds. The normalized spacial score (nSPS) is 10.9. The lowest BCUT2D eigenvalue weighted by Crippen LogP contribution is -2.10. The number of anilines is 1. The van der Waals surface area contributed by atoms with E-state index < -0.39 is 12.6 Å². The molecule has 150 valence electrons. The third-order valence-corrected chi connectivity index (χ3v) is 4.16. The SMILES string of the molecule is COc1ccc2c(C)cc(NN=Cc3ccc(OCC(=O)O)c(OC)c3)nc2c1. The second-order valence-electron chi connectivity index (χ2n) is 6.17. The summed E-state index contributed by atoms with van der Waals surface area (Å²) < 4.78 is 15.7. The number of aryl methyl sites for hydroxylation is 1. The average molecular weight is 395 g/mol. The van der Waals surface area contributed by atoms with E-state index in [0.717, 1.165) is 27.8 Å². The Bertz CT molecular complexity index is 1070. The molecular formula is C21H21N3O5. The van der Waals surface area contributed by atoms with Crippen molar-refractivity contribution < 1.29 is 24.1 Å². The van der Waals surface area contributed by atoms with Gasteiger partial charge in [-0.2, -0.15) is 5.10 Å². The number of hydrazone groups is 1. The Morgan fingerprint density at radius 1 is 1.14 bits per heavy atom. The molecule has 0 aliphatic rings. The number of aliphatic carboxylic acids is 1. The number of pyridine rings is 1. The van der Waals surface area contributed by atoms with Gasteiger partial charge in [0.2, 0.25) is 0 Å². The summed E-state index contributed by atoms with van der Waals surface area (Å²) in [5, 5.41) is 14.0. The van der Waals surface area contributed by atoms with Gasteiger partial charge in [-0.25, -0.2) is 9.78 Å². The van der Waals surface area contributed by atoms with Crippen molar-refractivity contribution in [1.82, 2.24) is 4.98 Å². The van der Waals surface area contributed by atoms with Crippen LogP contribution in [0.4, 0.5) is 5.82 Å². The van der Waals surface area contributed by atoms with Crippen molar-refractivity contribution in [2.45, 2.75) is 6.92 Å². The van der Waals surface area contributed by atoms with Crippen molar-refractivity contribution in [1.29, 1.82) is 0 Å². The monoisotopic (exact) mass is 395 g/mol. The summed E-state index contributed by atoms with van der Waals surface area (Å²) in [5.41, 5.74) is 5.55. The molecule has 0 fully saturated rings. The largest absolute Gasteiger partial charge is 0.497 e. The van der Waals surface area contributed by atoms with E-state index in [9.17, 15) is 4.79 Å². The molecule has 0 bridgehead atoms. The summed E-state index contributed by atoms with van der Waals surface area (Å²) in [6, 6.07) is 12.7. The lowest BCUT2D eigenvalue weighted by molar-refractivity contribution is -0.139. The number of benzene rings is 2. The van der Waals surface area contributed by atoms with Gasteiger partial charge in [0.1, 0.15) is 11.6 Å². The number of ether oxygens (including phenoxy) is 3. The predicted molar refractivity (Wildman–Crippen MR) is 110 cm³/mol. The number of fused-ring (bicyclic) bond motifs is 1. The topological polar surface area (TPSA) is 102 Å². The van der Waals surface area contributed by atoms with Crippen molar-refractivity contribution in [2.75, 3.05) is 26.3 Å². The lowest BCUT2D eigenvalue weighted by atomic mass is 10.1. The molecule has 0 unspecified atom stereocenters. The second kappa shape index (κ2) is 8.92. The first-order valence-electron chi connectivity index (χ1n) is 8.77. The van der Waals surface area contributed by atoms with Gasteiger partial charge in [-0.3, -0.25) is 5.43 Å². The van der Waals surface area contributed by atoms with Crippen LogP contribution in [-0.4, -0.2) is 43.1 Å². The molecule has 0 saturated heterocycles. The number of hydrogen-bond acceptors (Lipinski definition) is 7. The van der Waals surface area contributed by atoms with Crippen molar-refractivity contribution in [2.24, 2.45) is 5.10 Å². The van der Waals surface area contributed by atoms with Crippen molar-refractivity contribution in [3.63, 3.8) is 0 Å². The Hall–Kier alpha value is -3.81. The van der Waals surface area contributed by atoms with Crippen LogP contribution in [0.3, 0.4) is 0 Å². The van der Waals surface area contributed by atoms with Crippen LogP contribution in [0.2, 0.25) is 0 Å². The number of methoxy groups -OCH3 is 2. The van der Waals surface area contributed by atoms with E-state index in [0.29, 0.717) is 17.3 Å². The van der Waals surface area contributed by atoms with Crippen LogP contribution in [-0.2, 0) is 4.79 Å². The quantitative estimate of drug-likeness (QED) is 0.445. The average Bonchev–Trinajstić information content (AvgIpc) is 2.72. The highest BCUT2D eigenvalue weighted by Crippen LogP contribution is 2.28. The van der Waals surface area contributed by atoms with Crippen LogP contribution < -0.4 is 19.6 Å². The molecule has 29 heavy (non-hydrogen) atoms. The van der Waals surface area contributed by atoms with E-state index >= 15 is 0 Å². The van der Waals surface area contributed by atoms with Gasteiger partial charge in [0, 0.05) is 11.5 Å². The summed E-state index contributed by atoms with van der Waals surface area (Å²) in [4.78, 5) is 15.2. The third-order valence-electron chi connectivity index (χ3n) is 4.16. The summed E-state index contributed by atoms with van der Waals surface area (Å²) in [5.74, 6) is 1.05. The zero-order valence-corrected chi connectivity index (χ0v) is 16.3. The summed E-state index contributed by atoms with van der Waals surface area (Å²) in [6.45, 7) is 1.56. The molecule has 0 radical (unpaired) electrons. The summed E-state index contributed by atoms with van der Waals surface area (Å²) in [7, 11) is 3.10. The maximum absolute atomic E-state index is 10.6. The molecule has 2 N–H and O–H groups in total. The van der Waals surface area contributed by atoms with Crippen LogP contribution in [0, 0.1) is 6.92 Å². The van der Waals surface area contributed by atoms with E-state index in [1.165, 1.54) is 7.11 Å². The molecular weight excluding hydrogens is 374 g/mol. The van der Waals surface area contributed by atoms with Crippen LogP contribution in [0.5, 0.6) is 17.2 Å². The molecule has 0 spiro atoms. The Morgan fingerprint density at radius 3 is 2.69 bits per heavy atom. The van der Waals surface area contributed by atoms with E-state index in [1.54, 1.807) is 31.5 Å². The van der Waals surface area contributed by atoms with Gasteiger partial charge >= 0.3 is 5.97 Å². The fourth-order valence-corrected chi connectivity index (χ4v) is 2.76. The Kier molecular flexibility index (Phi) is 6.13. The fourth-order valence-electron chi connectivity index (χ4n) is 2.76. The molecule has 8 heteroatoms. The highest BCUT2D eigenvalue weighted by Gasteiger charge is 2.07. The number of nitrogens with zero attached hydrogens (tertiary/aromatic N) is 2. The van der Waals surface area contributed by atoms with Gasteiger partial charge in [-0.15, -0.1) is 0 Å². The molecule has 0 saturated carbocycles. The number of aromatic nitrogens is 1. The van der Waals surface area contributed by atoms with Crippen LogP contribution in [0.1, 0.15) is 11.1 Å². The second-order valence-corrected chi connectivity index (χ2v) is 6.17. The van der Waals surface area contributed by atoms with Gasteiger partial charge in [0.05, 0.1) is 26.0 Å². The van der Waals surface area contributed by atoms with E-state index in [4.69, 9.17) is 19.3 Å². The molecule has 3 aromatic rings. The standard InChI is InChI=1S/C21H21N3O5/c1-13-8-20(23-17-10-15(27-2)5-6-16(13)17)24-22-11-14-4-7-18(19(9-14)28-3)29-12-21(25)26/h4-11H,12H2,1-3H3,(H,23,24)(H,25,26). The number of hydrogen-bond donors (Lipinski definition) is 2. The van der Waals surface area contributed by atoms with E-state index in [2.05, 4.69) is 15.5 Å². The maximum Gasteiger partial charge on any atom is 0.341 e. The van der Waals surface area contributed by atoms with Gasteiger partial charge in [0.25, 0.3) is 0 Å². The molecule has 0 aliphatic heterocycles. The van der Waals surface area contributed by atoms with Gasteiger partial charge in [-0.1, -0.05) is 0 Å². The smallest absolute Gasteiger partial charge is 0.341 e. The van der Waals surface area contributed by atoms with Gasteiger partial charge in [0.15, 0.2) is 18.1 Å². The molecule has 0 atom stereocenters. The summed E-state index contributed by atoms with van der Waals surface area (Å²) in [6.07, 6.45) is 1.61. The Labute approximate surface area is 167 Å². The minimum absolute atomic E-state index is 0.348. The number of nitrogens with one attached hydrogen (secondary N) is 1. The number of carbonyl (C=O) groups is 1. The van der Waals surface area contributed by atoms with Crippen LogP contribution >= 0.6 is 0 Å². The van der Waals surface area contributed by atoms with Crippen LogP contribution in [0.25, 0.3) is 10.9 Å². The van der Waals surface area contributed by atoms with Gasteiger partial charge in [-0.05, 0) is 54.4 Å². The third kappa shape index (κ3) is 4.92. The zero-order chi connectivity index (χ0) is 20.8. The molecule has 8 nitrogen and oxygen atoms in total. The van der Waals surface area contributed by atoms with Crippen molar-refractivity contribution in [3.05, 3.63) is 53.6 Å². The minimum atomic E-state index is -1.06. The highest BCUT2D eigenvalue weighted by molar-refractivity contribution is 5.85. The Morgan fingerprint density at radius 2 is 1.97 bits per heavy atom. The molecule has 1 heterocycles. The first-order valence-corrected chi connectivity index (χ1v) is 8.77. The highest BCUT2D eigenvalue weighted by atomic mass is 16.5. The predicted octanol–water partition coefficient (Wildman–Crippen LogP) is 3.47. The van der Waals surface area contributed by atoms with Crippen LogP contribution in [0.15, 0.2) is 47.6 Å². The molecule has 1 aromatic heterocycles. The number of carboxylic acid groups (broad SMARTS) is 1. The number of carboxylic acids is 1. The summed E-state index contributed by atoms with van der Waals surface area (Å²) >= 11 is 0. The fraction of sp³-hybridized carbons (Fsp3) is 0.190. The van der Waals surface area contributed by atoms with Gasteiger partial charge < -0.3 is 19.3 Å². The lowest BCUT2D eigenvalue weighted by Gasteiger charge is -2.09.